The van der Waals surface area contributed by atoms with Crippen LogP contribution in [0.15, 0.2) is 30.5 Å². The summed E-state index contributed by atoms with van der Waals surface area (Å²) in [6.07, 6.45) is 1.50. The Morgan fingerprint density at radius 1 is 1.18 bits per heavy atom. The maximum Gasteiger partial charge on any atom is 0.224 e. The predicted molar refractivity (Wildman–Crippen MR) is 71.3 cm³/mol. The summed E-state index contributed by atoms with van der Waals surface area (Å²) in [5, 5.41) is 0.657. The van der Waals surface area contributed by atoms with Crippen molar-refractivity contribution in [2.45, 2.75) is 6.92 Å². The third-order valence-corrected chi connectivity index (χ3v) is 2.94. The SMILES string of the molecule is Cc1ccccc1N(C)c1nc(Cl)ncc1Cl. The van der Waals surface area contributed by atoms with E-state index < -0.39 is 0 Å². The number of nitrogens with zero attached hydrogens (tertiary/aromatic N) is 3. The van der Waals surface area contributed by atoms with Gasteiger partial charge in [-0.25, -0.2) is 4.98 Å². The van der Waals surface area contributed by atoms with Crippen molar-refractivity contribution in [2.24, 2.45) is 0 Å². The first-order valence-corrected chi connectivity index (χ1v) is 5.82. The van der Waals surface area contributed by atoms with Gasteiger partial charge in [0.1, 0.15) is 5.02 Å². The molecular formula is C12H11Cl2N3. The molecule has 0 fully saturated rings. The van der Waals surface area contributed by atoms with Gasteiger partial charge in [0.15, 0.2) is 5.82 Å². The van der Waals surface area contributed by atoms with Crippen LogP contribution in [0.25, 0.3) is 0 Å². The van der Waals surface area contributed by atoms with Crippen molar-refractivity contribution in [2.75, 3.05) is 11.9 Å². The van der Waals surface area contributed by atoms with E-state index in [9.17, 15) is 0 Å². The maximum absolute atomic E-state index is 6.07. The summed E-state index contributed by atoms with van der Waals surface area (Å²) >= 11 is 11.8. The molecule has 0 saturated heterocycles. The summed E-state index contributed by atoms with van der Waals surface area (Å²) in [6.45, 7) is 2.03. The van der Waals surface area contributed by atoms with Gasteiger partial charge in [-0.1, -0.05) is 29.8 Å². The first-order chi connectivity index (χ1) is 8.09. The summed E-state index contributed by atoms with van der Waals surface area (Å²) in [6, 6.07) is 7.99. The summed E-state index contributed by atoms with van der Waals surface area (Å²) in [5.74, 6) is 0.598. The molecule has 1 heterocycles. The van der Waals surface area contributed by atoms with Gasteiger partial charge in [-0.15, -0.1) is 0 Å². The van der Waals surface area contributed by atoms with Gasteiger partial charge in [-0.3, -0.25) is 0 Å². The Labute approximate surface area is 110 Å². The normalized spacial score (nSPS) is 10.4. The van der Waals surface area contributed by atoms with Crippen LogP contribution in [0.5, 0.6) is 0 Å². The average Bonchev–Trinajstić information content (AvgIpc) is 2.32. The molecule has 0 atom stereocenters. The van der Waals surface area contributed by atoms with Crippen LogP contribution in [0, 0.1) is 6.92 Å². The summed E-state index contributed by atoms with van der Waals surface area (Å²) in [7, 11) is 1.90. The topological polar surface area (TPSA) is 29.0 Å². The van der Waals surface area contributed by atoms with Crippen molar-refractivity contribution >= 4 is 34.7 Å². The third-order valence-electron chi connectivity index (χ3n) is 2.49. The fourth-order valence-corrected chi connectivity index (χ4v) is 1.97. The lowest BCUT2D eigenvalue weighted by Crippen LogP contribution is -2.13. The number of aryl methyl sites for hydroxylation is 1. The molecule has 0 amide bonds. The first-order valence-electron chi connectivity index (χ1n) is 5.07. The molecule has 0 N–H and O–H groups in total. The fraction of sp³-hybridized carbons (Fsp3) is 0.167. The lowest BCUT2D eigenvalue weighted by Gasteiger charge is -2.21. The second-order valence-electron chi connectivity index (χ2n) is 3.66. The Hall–Kier alpha value is -1.32. The van der Waals surface area contributed by atoms with Crippen LogP contribution < -0.4 is 4.90 Å². The number of rotatable bonds is 2. The molecule has 0 saturated carbocycles. The van der Waals surface area contributed by atoms with E-state index in [1.54, 1.807) is 0 Å². The zero-order valence-corrected chi connectivity index (χ0v) is 11.0. The van der Waals surface area contributed by atoms with Crippen LogP contribution in [0.2, 0.25) is 10.3 Å². The molecular weight excluding hydrogens is 257 g/mol. The number of hydrogen-bond acceptors (Lipinski definition) is 3. The highest BCUT2D eigenvalue weighted by molar-refractivity contribution is 6.33. The van der Waals surface area contributed by atoms with E-state index in [0.717, 1.165) is 11.3 Å². The number of anilines is 2. The number of halogens is 2. The van der Waals surface area contributed by atoms with E-state index in [-0.39, 0.29) is 5.28 Å². The Morgan fingerprint density at radius 3 is 2.59 bits per heavy atom. The van der Waals surface area contributed by atoms with Gasteiger partial charge >= 0.3 is 0 Å². The molecule has 5 heteroatoms. The maximum atomic E-state index is 6.07. The van der Waals surface area contributed by atoms with Gasteiger partial charge in [0.05, 0.1) is 6.20 Å². The number of hydrogen-bond donors (Lipinski definition) is 0. The average molecular weight is 268 g/mol. The van der Waals surface area contributed by atoms with Crippen molar-refractivity contribution in [3.8, 4) is 0 Å². The Balaban J connectivity index is 2.47. The van der Waals surface area contributed by atoms with E-state index in [2.05, 4.69) is 9.97 Å². The van der Waals surface area contributed by atoms with Crippen molar-refractivity contribution in [3.05, 3.63) is 46.3 Å². The smallest absolute Gasteiger partial charge is 0.224 e. The quantitative estimate of drug-likeness (QED) is 0.774. The van der Waals surface area contributed by atoms with Gasteiger partial charge < -0.3 is 4.90 Å². The minimum atomic E-state index is 0.185. The minimum Gasteiger partial charge on any atom is -0.328 e. The van der Waals surface area contributed by atoms with Crippen LogP contribution in [-0.2, 0) is 0 Å². The third kappa shape index (κ3) is 2.51. The van der Waals surface area contributed by atoms with Gasteiger partial charge in [-0.05, 0) is 30.2 Å². The van der Waals surface area contributed by atoms with Crippen LogP contribution >= 0.6 is 23.2 Å². The Kier molecular flexibility index (Phi) is 3.50. The molecule has 0 spiro atoms. The minimum absolute atomic E-state index is 0.185. The van der Waals surface area contributed by atoms with Crippen LogP contribution in [0.4, 0.5) is 11.5 Å². The lowest BCUT2D eigenvalue weighted by molar-refractivity contribution is 1.07. The van der Waals surface area contributed by atoms with Crippen molar-refractivity contribution in [1.82, 2.24) is 9.97 Å². The van der Waals surface area contributed by atoms with E-state index in [1.165, 1.54) is 6.20 Å². The van der Waals surface area contributed by atoms with Gasteiger partial charge in [0, 0.05) is 12.7 Å². The molecule has 2 aromatic rings. The summed E-state index contributed by atoms with van der Waals surface area (Å²) in [4.78, 5) is 9.87. The lowest BCUT2D eigenvalue weighted by atomic mass is 10.2. The molecule has 2 rings (SSSR count). The summed E-state index contributed by atoms with van der Waals surface area (Å²) < 4.78 is 0. The molecule has 17 heavy (non-hydrogen) atoms. The van der Waals surface area contributed by atoms with E-state index >= 15 is 0 Å². The Bertz CT molecular complexity index is 543. The molecule has 88 valence electrons. The van der Waals surface area contributed by atoms with Crippen LogP contribution in [0.3, 0.4) is 0 Å². The second-order valence-corrected chi connectivity index (χ2v) is 4.40. The van der Waals surface area contributed by atoms with Crippen molar-refractivity contribution < 1.29 is 0 Å². The Morgan fingerprint density at radius 2 is 1.88 bits per heavy atom. The summed E-state index contributed by atoms with van der Waals surface area (Å²) in [5.41, 5.74) is 2.17. The molecule has 0 aliphatic carbocycles. The van der Waals surface area contributed by atoms with E-state index in [0.29, 0.717) is 10.8 Å². The molecule has 0 bridgehead atoms. The molecule has 1 aromatic heterocycles. The largest absolute Gasteiger partial charge is 0.328 e. The van der Waals surface area contributed by atoms with Gasteiger partial charge in [0.2, 0.25) is 5.28 Å². The zero-order valence-electron chi connectivity index (χ0n) is 9.48. The van der Waals surface area contributed by atoms with E-state index in [4.69, 9.17) is 23.2 Å². The van der Waals surface area contributed by atoms with Gasteiger partial charge in [0.25, 0.3) is 0 Å². The fourth-order valence-electron chi connectivity index (χ4n) is 1.63. The van der Waals surface area contributed by atoms with Crippen LogP contribution in [0.1, 0.15) is 5.56 Å². The molecule has 3 nitrogen and oxygen atoms in total. The first kappa shape index (κ1) is 12.1. The molecule has 0 unspecified atom stereocenters. The van der Waals surface area contributed by atoms with Crippen molar-refractivity contribution in [1.29, 1.82) is 0 Å². The molecule has 0 radical (unpaired) electrons. The van der Waals surface area contributed by atoms with Crippen LogP contribution in [-0.4, -0.2) is 17.0 Å². The highest BCUT2D eigenvalue weighted by Gasteiger charge is 2.12. The number of aromatic nitrogens is 2. The monoisotopic (exact) mass is 267 g/mol. The standard InChI is InChI=1S/C12H11Cl2N3/c1-8-5-3-4-6-10(8)17(2)11-9(13)7-15-12(14)16-11/h3-7H,1-2H3. The van der Waals surface area contributed by atoms with Crippen molar-refractivity contribution in [3.63, 3.8) is 0 Å². The molecule has 0 aliphatic rings. The number of para-hydroxylation sites is 1. The molecule has 1 aromatic carbocycles. The van der Waals surface area contributed by atoms with Gasteiger partial charge in [-0.2, -0.15) is 4.98 Å². The number of benzene rings is 1. The predicted octanol–water partition coefficient (Wildman–Crippen LogP) is 3.86. The second kappa shape index (κ2) is 4.90. The highest BCUT2D eigenvalue weighted by Crippen LogP contribution is 2.30. The zero-order chi connectivity index (χ0) is 12.4. The highest BCUT2D eigenvalue weighted by atomic mass is 35.5. The van der Waals surface area contributed by atoms with E-state index in [1.807, 2.05) is 43.1 Å². The molecule has 0 aliphatic heterocycles.